The van der Waals surface area contributed by atoms with E-state index in [1.165, 1.54) is 56.1 Å². The van der Waals surface area contributed by atoms with E-state index in [0.29, 0.717) is 30.0 Å². The van der Waals surface area contributed by atoms with E-state index in [1.807, 2.05) is 0 Å². The van der Waals surface area contributed by atoms with Gasteiger partial charge in [0.25, 0.3) is 0 Å². The molecule has 0 amide bonds. The predicted octanol–water partition coefficient (Wildman–Crippen LogP) is 11.2. The topological polar surface area (TPSA) is 35.5 Å². The predicted molar refractivity (Wildman–Crippen MR) is 178 cm³/mol. The van der Waals surface area contributed by atoms with Crippen LogP contribution in [0.15, 0.2) is 18.2 Å². The molecule has 0 aromatic heterocycles. The maximum absolute atomic E-state index is 14.2. The van der Waals surface area contributed by atoms with E-state index in [2.05, 4.69) is 32.0 Å². The number of benzene rings is 1. The van der Waals surface area contributed by atoms with Gasteiger partial charge in [0.15, 0.2) is 12.1 Å². The summed E-state index contributed by atoms with van der Waals surface area (Å²) >= 11 is 1.80. The number of hydrogen-bond donors (Lipinski definition) is 0. The highest BCUT2D eigenvalue weighted by atomic mass is 32.2. The zero-order chi connectivity index (χ0) is 31.9. The highest BCUT2D eigenvalue weighted by molar-refractivity contribution is 7.99. The highest BCUT2D eigenvalue weighted by Crippen LogP contribution is 2.63. The monoisotopic (exact) mass is 650 g/mol. The third kappa shape index (κ3) is 9.10. The Morgan fingerprint density at radius 1 is 0.933 bits per heavy atom. The summed E-state index contributed by atoms with van der Waals surface area (Å²) in [7, 11) is 0. The van der Waals surface area contributed by atoms with Crippen molar-refractivity contribution in [1.29, 1.82) is 0 Å². The molecule has 5 rings (SSSR count). The molecule has 7 atom stereocenters. The Hall–Kier alpha value is -1.05. The van der Waals surface area contributed by atoms with Crippen LogP contribution in [0.5, 0.6) is 0 Å². The molecule has 2 saturated carbocycles. The van der Waals surface area contributed by atoms with Gasteiger partial charge in [-0.25, -0.2) is 0 Å². The molecule has 3 nitrogen and oxygen atoms in total. The summed E-state index contributed by atoms with van der Waals surface area (Å²) in [6.45, 7) is 5.38. The molecule has 1 aliphatic heterocycles. The van der Waals surface area contributed by atoms with Crippen LogP contribution in [0.2, 0.25) is 0 Å². The Balaban J connectivity index is 1.09. The molecule has 0 N–H and O–H groups in total. The maximum atomic E-state index is 14.2. The second kappa shape index (κ2) is 16.4. The van der Waals surface area contributed by atoms with Crippen molar-refractivity contribution in [1.82, 2.24) is 0 Å². The van der Waals surface area contributed by atoms with Gasteiger partial charge in [0.2, 0.25) is 0 Å². The fourth-order valence-corrected chi connectivity index (χ4v) is 10.3. The molecule has 1 saturated heterocycles. The van der Waals surface area contributed by atoms with Crippen molar-refractivity contribution in [2.24, 2.45) is 23.2 Å². The van der Waals surface area contributed by atoms with Gasteiger partial charge >= 0.3 is 6.18 Å². The number of ether oxygens (including phenoxy) is 2. The van der Waals surface area contributed by atoms with Crippen molar-refractivity contribution in [2.45, 2.75) is 154 Å². The Morgan fingerprint density at radius 2 is 1.67 bits per heavy atom. The number of rotatable bonds is 16. The molecule has 1 aromatic rings. The van der Waals surface area contributed by atoms with Gasteiger partial charge in [-0.15, -0.1) is 0 Å². The summed E-state index contributed by atoms with van der Waals surface area (Å²) in [5.74, 6) is 3.83. The van der Waals surface area contributed by atoms with E-state index >= 15 is 0 Å². The van der Waals surface area contributed by atoms with E-state index in [9.17, 15) is 18.0 Å². The number of unbranched alkanes of at least 4 members (excludes halogenated alkanes) is 7. The van der Waals surface area contributed by atoms with Crippen LogP contribution in [0.1, 0.15) is 150 Å². The van der Waals surface area contributed by atoms with Crippen molar-refractivity contribution in [3.05, 3.63) is 34.9 Å². The van der Waals surface area contributed by atoms with Crippen LogP contribution in [-0.4, -0.2) is 42.5 Å². The van der Waals surface area contributed by atoms with Crippen LogP contribution < -0.4 is 0 Å². The van der Waals surface area contributed by atoms with Gasteiger partial charge in [0, 0.05) is 24.5 Å². The average molecular weight is 651 g/mol. The Morgan fingerprint density at radius 3 is 2.40 bits per heavy atom. The zero-order valence-electron chi connectivity index (χ0n) is 27.8. The van der Waals surface area contributed by atoms with E-state index < -0.39 is 12.6 Å². The smallest absolute Gasteiger partial charge is 0.353 e. The largest absolute Gasteiger partial charge is 0.389 e. The Kier molecular flexibility index (Phi) is 12.8. The van der Waals surface area contributed by atoms with E-state index in [0.717, 1.165) is 75.0 Å². The maximum Gasteiger partial charge on any atom is 0.389 e. The standard InChI is InChI=1S/C38H57F3O3S/c1-27-16-17-28-29-20-22-37(2)32(18-19-33(37)44-34-15-9-11-23-43-34)35(29)30(36(42)31(28)26-27)14-8-6-4-3-5-7-12-24-45-25-13-10-21-38(39,40)41/h16-17,26,29-30,32-35H,3-15,18-25H2,1-2H3/t29?,30-,32?,33?,34?,35?,37?/m0/s1. The third-order valence-electron chi connectivity index (χ3n) is 11.7. The lowest BCUT2D eigenvalue weighted by molar-refractivity contribution is -0.213. The van der Waals surface area contributed by atoms with E-state index in [-0.39, 0.29) is 30.1 Å². The second-order valence-corrected chi connectivity index (χ2v) is 16.1. The van der Waals surface area contributed by atoms with Crippen molar-refractivity contribution >= 4 is 17.5 Å². The first-order valence-corrected chi connectivity index (χ1v) is 19.4. The van der Waals surface area contributed by atoms with Gasteiger partial charge in [-0.1, -0.05) is 63.1 Å². The van der Waals surface area contributed by atoms with Gasteiger partial charge in [-0.3, -0.25) is 4.79 Å². The first-order valence-electron chi connectivity index (χ1n) is 18.2. The molecular formula is C38H57F3O3S. The number of Topliss-reactive ketones (excluding diaryl/α,β-unsaturated/α-hetero) is 1. The summed E-state index contributed by atoms with van der Waals surface area (Å²) in [6, 6.07) is 6.64. The molecule has 1 heterocycles. The molecule has 6 unspecified atom stereocenters. The number of hydrogen-bond acceptors (Lipinski definition) is 4. The number of aryl methyl sites for hydroxylation is 1. The Labute approximate surface area is 274 Å². The molecule has 0 spiro atoms. The molecule has 1 aromatic carbocycles. The normalized spacial score (nSPS) is 31.4. The lowest BCUT2D eigenvalue weighted by atomic mass is 9.51. The minimum atomic E-state index is -4.01. The molecule has 0 bridgehead atoms. The van der Waals surface area contributed by atoms with Crippen LogP contribution in [0, 0.1) is 30.1 Å². The van der Waals surface area contributed by atoms with Gasteiger partial charge < -0.3 is 9.47 Å². The number of fused-ring (bicyclic) bond motifs is 5. The van der Waals surface area contributed by atoms with Crippen molar-refractivity contribution in [3.8, 4) is 0 Å². The zero-order valence-corrected chi connectivity index (χ0v) is 28.6. The third-order valence-corrected chi connectivity index (χ3v) is 12.8. The number of carbonyl (C=O) groups excluding carboxylic acids is 1. The highest BCUT2D eigenvalue weighted by Gasteiger charge is 2.59. The fourth-order valence-electron chi connectivity index (χ4n) is 9.28. The quantitative estimate of drug-likeness (QED) is 0.167. The number of carbonyl (C=O) groups is 1. The Bertz CT molecular complexity index is 1090. The number of halogens is 3. The molecule has 254 valence electrons. The summed E-state index contributed by atoms with van der Waals surface area (Å²) in [4.78, 5) is 14.2. The van der Waals surface area contributed by atoms with Gasteiger partial charge in [-0.2, -0.15) is 24.9 Å². The van der Waals surface area contributed by atoms with Crippen LogP contribution in [0.4, 0.5) is 13.2 Å². The number of ketones is 1. The SMILES string of the molecule is Cc1ccc2c(c1)C(=O)[C@@H](CCCCCCCCCSCCCCC(F)(F)F)C1C2CCC2(C)C(OC3CCCCO3)CCC12. The van der Waals surface area contributed by atoms with Gasteiger partial charge in [-0.05, 0) is 124 Å². The van der Waals surface area contributed by atoms with Crippen LogP contribution in [0.3, 0.4) is 0 Å². The van der Waals surface area contributed by atoms with Gasteiger partial charge in [0.05, 0.1) is 6.10 Å². The van der Waals surface area contributed by atoms with E-state index in [1.54, 1.807) is 11.8 Å². The van der Waals surface area contributed by atoms with Crippen LogP contribution in [-0.2, 0) is 9.47 Å². The average Bonchev–Trinajstić information content (AvgIpc) is 3.34. The summed E-state index contributed by atoms with van der Waals surface area (Å²) in [5, 5.41) is 0. The molecule has 45 heavy (non-hydrogen) atoms. The summed E-state index contributed by atoms with van der Waals surface area (Å²) < 4.78 is 49.4. The molecule has 0 radical (unpaired) electrons. The molecule has 3 fully saturated rings. The minimum Gasteiger partial charge on any atom is -0.353 e. The van der Waals surface area contributed by atoms with Crippen LogP contribution >= 0.6 is 11.8 Å². The van der Waals surface area contributed by atoms with Crippen molar-refractivity contribution in [3.63, 3.8) is 0 Å². The molecular weight excluding hydrogens is 593 g/mol. The van der Waals surface area contributed by atoms with Gasteiger partial charge in [0.1, 0.15) is 0 Å². The molecule has 4 aliphatic rings. The minimum absolute atomic E-state index is 0.0556. The lowest BCUT2D eigenvalue weighted by Crippen LogP contribution is -2.50. The van der Waals surface area contributed by atoms with Crippen molar-refractivity contribution < 1.29 is 27.4 Å². The number of alkyl halides is 3. The molecule has 3 aliphatic carbocycles. The number of thioether (sulfide) groups is 1. The van der Waals surface area contributed by atoms with Crippen LogP contribution in [0.25, 0.3) is 0 Å². The first kappa shape index (κ1) is 35.3. The first-order chi connectivity index (χ1) is 21.7. The summed E-state index contributed by atoms with van der Waals surface area (Å²) in [5.41, 5.74) is 3.61. The van der Waals surface area contributed by atoms with Crippen molar-refractivity contribution in [2.75, 3.05) is 18.1 Å². The lowest BCUT2D eigenvalue weighted by Gasteiger charge is -2.53. The summed E-state index contributed by atoms with van der Waals surface area (Å²) in [6.07, 6.45) is 13.6. The fraction of sp³-hybridized carbons (Fsp3) is 0.816. The van der Waals surface area contributed by atoms with E-state index in [4.69, 9.17) is 9.47 Å². The second-order valence-electron chi connectivity index (χ2n) is 14.8. The molecule has 7 heteroatoms.